The monoisotopic (exact) mass is 632 g/mol. The minimum atomic E-state index is -4.22. The predicted octanol–water partition coefficient (Wildman–Crippen LogP) is 5.88. The van der Waals surface area contributed by atoms with Crippen molar-refractivity contribution >= 4 is 29.5 Å². The van der Waals surface area contributed by atoms with Crippen LogP contribution in [0, 0.1) is 12.3 Å². The van der Waals surface area contributed by atoms with Crippen LogP contribution in [-0.2, 0) is 0 Å². The molecule has 1 aliphatic carbocycles. The summed E-state index contributed by atoms with van der Waals surface area (Å²) >= 11 is 1.16. The number of aromatic nitrogens is 4. The Bertz CT molecular complexity index is 1470. The van der Waals surface area contributed by atoms with Crippen LogP contribution in [0.1, 0.15) is 68.8 Å². The first-order valence-corrected chi connectivity index (χ1v) is 15.7. The van der Waals surface area contributed by atoms with Crippen molar-refractivity contribution in [2.24, 2.45) is 5.41 Å². The summed E-state index contributed by atoms with van der Waals surface area (Å²) in [5.74, 6) is 1.57. The minimum Gasteiger partial charge on any atom is -0.477 e. The number of ether oxygens (including phenoxy) is 1. The third-order valence-corrected chi connectivity index (χ3v) is 9.03. The number of alkyl halides is 3. The highest BCUT2D eigenvalue weighted by Gasteiger charge is 2.62. The lowest BCUT2D eigenvalue weighted by molar-refractivity contribution is -0.190. The summed E-state index contributed by atoms with van der Waals surface area (Å²) in [4.78, 5) is 25.1. The smallest absolute Gasteiger partial charge is 0.394 e. The van der Waals surface area contributed by atoms with Crippen LogP contribution in [0.15, 0.2) is 41.6 Å². The molecule has 1 saturated carbocycles. The van der Waals surface area contributed by atoms with Gasteiger partial charge in [0, 0.05) is 42.8 Å². The molecule has 5 rings (SSSR count). The quantitative estimate of drug-likeness (QED) is 0.157. The molecule has 0 radical (unpaired) electrons. The number of pyridine rings is 2. The van der Waals surface area contributed by atoms with Crippen LogP contribution in [-0.4, -0.2) is 63.7 Å². The van der Waals surface area contributed by atoms with Gasteiger partial charge in [0.25, 0.3) is 5.91 Å². The van der Waals surface area contributed by atoms with Crippen LogP contribution in [0.2, 0.25) is 0 Å². The summed E-state index contributed by atoms with van der Waals surface area (Å²) in [5.41, 5.74) is -0.615. The first-order chi connectivity index (χ1) is 20.9. The van der Waals surface area contributed by atoms with Crippen molar-refractivity contribution in [3.05, 3.63) is 47.7 Å². The van der Waals surface area contributed by atoms with E-state index in [9.17, 15) is 18.0 Å². The van der Waals surface area contributed by atoms with Gasteiger partial charge in [-0.1, -0.05) is 19.4 Å². The van der Waals surface area contributed by atoms with Gasteiger partial charge in [0.05, 0.1) is 24.3 Å². The summed E-state index contributed by atoms with van der Waals surface area (Å²) in [6.07, 6.45) is -0.282. The fourth-order valence-electron chi connectivity index (χ4n) is 5.04. The molecule has 0 bridgehead atoms. The van der Waals surface area contributed by atoms with Gasteiger partial charge in [-0.05, 0) is 70.2 Å². The Kier molecular flexibility index (Phi) is 9.30. The van der Waals surface area contributed by atoms with Gasteiger partial charge in [-0.3, -0.25) is 14.8 Å². The Morgan fingerprint density at radius 2 is 1.95 bits per heavy atom. The van der Waals surface area contributed by atoms with Gasteiger partial charge >= 0.3 is 6.18 Å². The van der Waals surface area contributed by atoms with E-state index in [-0.39, 0.29) is 43.2 Å². The second-order valence-corrected chi connectivity index (χ2v) is 12.8. The molecule has 238 valence electrons. The maximum absolute atomic E-state index is 13.6. The number of amides is 1. The molecule has 0 spiro atoms. The molecule has 3 N–H and O–H groups in total. The Hall–Kier alpha value is -3.52. The number of nitrogens with zero attached hydrogens (tertiary/aromatic N) is 5. The highest BCUT2D eigenvalue weighted by atomic mass is 32.2. The number of unbranched alkanes of at least 4 members (excludes halogenated alkanes) is 1. The lowest BCUT2D eigenvalue weighted by atomic mass is 10.0. The molecular formula is C30H39F3N8O2S. The average molecular weight is 633 g/mol. The van der Waals surface area contributed by atoms with Gasteiger partial charge in [0.2, 0.25) is 5.88 Å². The van der Waals surface area contributed by atoms with Crippen LogP contribution in [0.4, 0.5) is 24.8 Å². The maximum Gasteiger partial charge on any atom is 0.394 e. The van der Waals surface area contributed by atoms with E-state index in [4.69, 9.17) is 9.72 Å². The number of nitrogens with one attached hydrogen (secondary N) is 3. The number of anilines is 2. The zero-order valence-corrected chi connectivity index (χ0v) is 26.2. The van der Waals surface area contributed by atoms with Gasteiger partial charge in [0.15, 0.2) is 5.82 Å². The first kappa shape index (κ1) is 31.9. The fraction of sp³-hybridized carbons (Fsp3) is 0.533. The molecule has 10 nitrogen and oxygen atoms in total. The maximum atomic E-state index is 13.6. The standard InChI is InChI=1S/C30H39F3N8O2S/c1-5-6-15-35-22-9-7-20(2)27(36-22)44-39-26(42)21-8-10-23(37-25(21)40-19-34-18-28(40,3)4)41-16-11-24(38-41)43-17-14-29(12-13-29)30(31,32)33/h7-11,16,34H,5-6,12-15,17-19H2,1-4H3,(H,35,36)(H,39,42). The molecule has 1 saturated heterocycles. The van der Waals surface area contributed by atoms with E-state index in [0.717, 1.165) is 42.7 Å². The Labute approximate surface area is 259 Å². The molecular weight excluding hydrogens is 593 g/mol. The second kappa shape index (κ2) is 12.8. The third-order valence-electron chi connectivity index (χ3n) is 8.13. The second-order valence-electron chi connectivity index (χ2n) is 12.0. The normalized spacial score (nSPS) is 17.0. The summed E-state index contributed by atoms with van der Waals surface area (Å²) in [5, 5.41) is 11.7. The molecule has 0 atom stereocenters. The summed E-state index contributed by atoms with van der Waals surface area (Å²) in [7, 11) is 0. The number of carbonyl (C=O) groups excluding carboxylic acids is 1. The number of halogens is 3. The van der Waals surface area contributed by atoms with Crippen LogP contribution >= 0.6 is 11.9 Å². The molecule has 2 fully saturated rings. The van der Waals surface area contributed by atoms with Crippen molar-refractivity contribution in [3.63, 3.8) is 0 Å². The Balaban J connectivity index is 1.32. The molecule has 44 heavy (non-hydrogen) atoms. The molecule has 3 aromatic heterocycles. The third kappa shape index (κ3) is 7.06. The van der Waals surface area contributed by atoms with Crippen molar-refractivity contribution in [1.29, 1.82) is 0 Å². The van der Waals surface area contributed by atoms with Crippen molar-refractivity contribution < 1.29 is 22.7 Å². The zero-order chi connectivity index (χ0) is 31.5. The molecule has 4 heterocycles. The number of hydrogen-bond donors (Lipinski definition) is 3. The molecule has 1 amide bonds. The lowest BCUT2D eigenvalue weighted by Gasteiger charge is -2.32. The van der Waals surface area contributed by atoms with E-state index < -0.39 is 11.6 Å². The molecule has 0 unspecified atom stereocenters. The number of rotatable bonds is 13. The van der Waals surface area contributed by atoms with Gasteiger partial charge in [0.1, 0.15) is 16.7 Å². The molecule has 3 aromatic rings. The zero-order valence-electron chi connectivity index (χ0n) is 25.4. The van der Waals surface area contributed by atoms with Crippen molar-refractivity contribution in [1.82, 2.24) is 29.8 Å². The van der Waals surface area contributed by atoms with Crippen molar-refractivity contribution in [2.45, 2.75) is 76.5 Å². The van der Waals surface area contributed by atoms with Crippen LogP contribution < -0.4 is 25.0 Å². The highest BCUT2D eigenvalue weighted by Crippen LogP contribution is 2.59. The van der Waals surface area contributed by atoms with E-state index in [1.807, 2.05) is 24.0 Å². The Morgan fingerprint density at radius 3 is 2.64 bits per heavy atom. The van der Waals surface area contributed by atoms with Gasteiger partial charge in [-0.2, -0.15) is 13.2 Å². The average Bonchev–Trinajstić information content (AvgIpc) is 3.50. The van der Waals surface area contributed by atoms with Crippen molar-refractivity contribution in [2.75, 3.05) is 36.6 Å². The molecule has 0 aromatic carbocycles. The van der Waals surface area contributed by atoms with Gasteiger partial charge in [-0.15, -0.1) is 5.10 Å². The minimum absolute atomic E-state index is 0.0777. The Morgan fingerprint density at radius 1 is 1.16 bits per heavy atom. The lowest BCUT2D eigenvalue weighted by Crippen LogP contribution is -2.42. The number of carbonyl (C=O) groups is 1. The van der Waals surface area contributed by atoms with E-state index >= 15 is 0 Å². The van der Waals surface area contributed by atoms with Crippen molar-refractivity contribution in [3.8, 4) is 11.7 Å². The summed E-state index contributed by atoms with van der Waals surface area (Å²) < 4.78 is 49.7. The summed E-state index contributed by atoms with van der Waals surface area (Å²) in [6.45, 7) is 10.2. The molecule has 2 aliphatic rings. The highest BCUT2D eigenvalue weighted by molar-refractivity contribution is 7.98. The first-order valence-electron chi connectivity index (χ1n) is 14.9. The topological polar surface area (TPSA) is 109 Å². The predicted molar refractivity (Wildman–Crippen MR) is 164 cm³/mol. The largest absolute Gasteiger partial charge is 0.477 e. The fourth-order valence-corrected chi connectivity index (χ4v) is 5.71. The summed E-state index contributed by atoms with van der Waals surface area (Å²) in [6, 6.07) is 8.87. The molecule has 1 aliphatic heterocycles. The van der Waals surface area contributed by atoms with E-state index in [0.29, 0.717) is 35.4 Å². The molecule has 14 heteroatoms. The van der Waals surface area contributed by atoms with Gasteiger partial charge in [-0.25, -0.2) is 14.6 Å². The van der Waals surface area contributed by atoms with Gasteiger partial charge < -0.3 is 15.0 Å². The van der Waals surface area contributed by atoms with E-state index in [2.05, 4.69) is 46.2 Å². The van der Waals surface area contributed by atoms with E-state index in [1.54, 1.807) is 24.4 Å². The van der Waals surface area contributed by atoms with Crippen LogP contribution in [0.25, 0.3) is 5.82 Å². The van der Waals surface area contributed by atoms with Crippen LogP contribution in [0.3, 0.4) is 0 Å². The number of aryl methyl sites for hydroxylation is 1. The number of hydrogen-bond acceptors (Lipinski definition) is 9. The van der Waals surface area contributed by atoms with Crippen LogP contribution in [0.5, 0.6) is 5.88 Å². The SMILES string of the molecule is CCCCNc1ccc(C)c(SNC(=O)c2ccc(-n3ccc(OCCC4(C(F)(F)F)CC4)n3)nc2N2CNCC2(C)C)n1. The van der Waals surface area contributed by atoms with E-state index in [1.165, 1.54) is 4.68 Å².